The number of H-pyrrole nitrogens is 1. The van der Waals surface area contributed by atoms with Gasteiger partial charge >= 0.3 is 6.03 Å². The van der Waals surface area contributed by atoms with Crippen molar-refractivity contribution in [2.75, 3.05) is 18.4 Å². The minimum Gasteiger partial charge on any atom is -0.361 e. The fraction of sp³-hybridized carbons (Fsp3) is 0.312. The molecule has 0 atom stereocenters. The maximum atomic E-state index is 13.7. The fourth-order valence-corrected chi connectivity index (χ4v) is 4.61. The van der Waals surface area contributed by atoms with Crippen molar-refractivity contribution < 1.29 is 9.59 Å². The van der Waals surface area contributed by atoms with Gasteiger partial charge in [0.05, 0.1) is 0 Å². The zero-order valence-electron chi connectivity index (χ0n) is 23.0. The van der Waals surface area contributed by atoms with Crippen molar-refractivity contribution in [3.63, 3.8) is 0 Å². The Morgan fingerprint density at radius 1 is 0.921 bits per heavy atom. The molecule has 0 unspecified atom stereocenters. The Morgan fingerprint density at radius 2 is 1.66 bits per heavy atom. The van der Waals surface area contributed by atoms with E-state index in [1.165, 1.54) is 16.5 Å². The van der Waals surface area contributed by atoms with Crippen LogP contribution in [0.4, 0.5) is 10.5 Å². The normalized spacial score (nSPS) is 11.1. The Bertz CT molecular complexity index is 1400. The molecule has 3 aromatic carbocycles. The van der Waals surface area contributed by atoms with Gasteiger partial charge in [-0.15, -0.1) is 0 Å². The van der Waals surface area contributed by atoms with Crippen molar-refractivity contribution in [3.05, 3.63) is 101 Å². The van der Waals surface area contributed by atoms with Gasteiger partial charge in [-0.1, -0.05) is 60.2 Å². The van der Waals surface area contributed by atoms with Crippen LogP contribution in [0.3, 0.4) is 0 Å². The molecule has 0 aliphatic rings. The number of aromatic nitrogens is 1. The molecule has 2 N–H and O–H groups in total. The van der Waals surface area contributed by atoms with Crippen molar-refractivity contribution in [3.8, 4) is 0 Å². The van der Waals surface area contributed by atoms with E-state index in [-0.39, 0.29) is 24.5 Å². The quantitative estimate of drug-likeness (QED) is 0.266. The molecular formula is C32H38N4O2. The second kappa shape index (κ2) is 12.0. The minimum absolute atomic E-state index is 0.00804. The van der Waals surface area contributed by atoms with Crippen LogP contribution in [0, 0.1) is 20.8 Å². The molecule has 3 amide bonds. The molecule has 38 heavy (non-hydrogen) atoms. The standard InChI is InChI=1S/C32H38N4O2/c1-22(2)36(32(38)34-29-12-8-9-24(4)25(29)5)21-31(37)35(20-26-15-13-23(3)14-16-26)18-17-27-19-33-30-11-7-6-10-28(27)30/h6-16,19,22,33H,17-18,20-21H2,1-5H3,(H,34,38). The van der Waals surface area contributed by atoms with Gasteiger partial charge in [-0.05, 0) is 75.4 Å². The molecule has 0 spiro atoms. The maximum absolute atomic E-state index is 13.7. The lowest BCUT2D eigenvalue weighted by Gasteiger charge is -2.30. The van der Waals surface area contributed by atoms with Crippen LogP contribution in [0.25, 0.3) is 10.9 Å². The average Bonchev–Trinajstić information content (AvgIpc) is 3.31. The number of rotatable bonds is 9. The fourth-order valence-electron chi connectivity index (χ4n) is 4.61. The zero-order chi connectivity index (χ0) is 27.2. The van der Waals surface area contributed by atoms with Crippen LogP contribution in [0.1, 0.15) is 41.7 Å². The van der Waals surface area contributed by atoms with E-state index >= 15 is 0 Å². The Hall–Kier alpha value is -4.06. The molecule has 0 bridgehead atoms. The monoisotopic (exact) mass is 510 g/mol. The number of fused-ring (bicyclic) bond motifs is 1. The van der Waals surface area contributed by atoms with Gasteiger partial charge in [0.2, 0.25) is 5.91 Å². The molecule has 0 radical (unpaired) electrons. The van der Waals surface area contributed by atoms with Gasteiger partial charge < -0.3 is 20.1 Å². The number of hydrogen-bond acceptors (Lipinski definition) is 2. The van der Waals surface area contributed by atoms with E-state index < -0.39 is 0 Å². The Labute approximate surface area is 225 Å². The van der Waals surface area contributed by atoms with Crippen LogP contribution in [0.2, 0.25) is 0 Å². The van der Waals surface area contributed by atoms with Gasteiger partial charge in [0, 0.05) is 41.9 Å². The highest BCUT2D eigenvalue weighted by Gasteiger charge is 2.24. The molecule has 1 heterocycles. The number of aromatic amines is 1. The molecule has 198 valence electrons. The number of aryl methyl sites for hydroxylation is 2. The number of benzene rings is 3. The molecule has 4 aromatic rings. The number of amides is 3. The summed E-state index contributed by atoms with van der Waals surface area (Å²) in [5.74, 6) is -0.0739. The Balaban J connectivity index is 1.52. The van der Waals surface area contributed by atoms with Gasteiger partial charge in [0.1, 0.15) is 6.54 Å². The third-order valence-corrected chi connectivity index (χ3v) is 7.21. The second-order valence-electron chi connectivity index (χ2n) is 10.3. The summed E-state index contributed by atoms with van der Waals surface area (Å²) in [6, 6.07) is 21.9. The van der Waals surface area contributed by atoms with Crippen LogP contribution >= 0.6 is 0 Å². The summed E-state index contributed by atoms with van der Waals surface area (Å²) in [4.78, 5) is 33.8. The molecule has 1 aromatic heterocycles. The van der Waals surface area contributed by atoms with Crippen LogP contribution < -0.4 is 5.32 Å². The Morgan fingerprint density at radius 3 is 2.39 bits per heavy atom. The number of urea groups is 1. The molecule has 6 nitrogen and oxygen atoms in total. The van der Waals surface area contributed by atoms with Crippen molar-refractivity contribution in [2.45, 2.75) is 53.6 Å². The van der Waals surface area contributed by atoms with Crippen molar-refractivity contribution >= 4 is 28.5 Å². The zero-order valence-corrected chi connectivity index (χ0v) is 23.0. The number of hydrogen-bond donors (Lipinski definition) is 2. The smallest absolute Gasteiger partial charge is 0.322 e. The lowest BCUT2D eigenvalue weighted by molar-refractivity contribution is -0.132. The number of anilines is 1. The molecule has 0 aliphatic heterocycles. The van der Waals surface area contributed by atoms with Crippen LogP contribution in [0.15, 0.2) is 72.9 Å². The first-order chi connectivity index (χ1) is 18.2. The first-order valence-electron chi connectivity index (χ1n) is 13.2. The summed E-state index contributed by atoms with van der Waals surface area (Å²) in [7, 11) is 0. The lowest BCUT2D eigenvalue weighted by Crippen LogP contribution is -2.47. The predicted octanol–water partition coefficient (Wildman–Crippen LogP) is 6.61. The second-order valence-corrected chi connectivity index (χ2v) is 10.3. The van der Waals surface area contributed by atoms with E-state index in [4.69, 9.17) is 0 Å². The molecule has 0 aliphatic carbocycles. The lowest BCUT2D eigenvalue weighted by atomic mass is 10.1. The summed E-state index contributed by atoms with van der Waals surface area (Å²) in [5.41, 5.74) is 7.41. The highest BCUT2D eigenvalue weighted by Crippen LogP contribution is 2.21. The topological polar surface area (TPSA) is 68.4 Å². The van der Waals surface area contributed by atoms with E-state index in [1.807, 2.05) is 69.1 Å². The summed E-state index contributed by atoms with van der Waals surface area (Å²) >= 11 is 0. The molecule has 6 heteroatoms. The van der Waals surface area contributed by atoms with E-state index in [2.05, 4.69) is 53.6 Å². The number of para-hydroxylation sites is 1. The minimum atomic E-state index is -0.269. The molecular weight excluding hydrogens is 472 g/mol. The third kappa shape index (κ3) is 6.43. The van der Waals surface area contributed by atoms with E-state index in [0.717, 1.165) is 34.3 Å². The van der Waals surface area contributed by atoms with Gasteiger partial charge in [-0.2, -0.15) is 0 Å². The maximum Gasteiger partial charge on any atom is 0.322 e. The molecule has 0 saturated heterocycles. The average molecular weight is 511 g/mol. The van der Waals surface area contributed by atoms with Gasteiger partial charge in [-0.25, -0.2) is 4.79 Å². The summed E-state index contributed by atoms with van der Waals surface area (Å²) in [6.07, 6.45) is 2.75. The van der Waals surface area contributed by atoms with Crippen LogP contribution in [-0.2, 0) is 17.8 Å². The number of nitrogens with zero attached hydrogens (tertiary/aromatic N) is 2. The highest BCUT2D eigenvalue weighted by molar-refractivity contribution is 5.93. The first kappa shape index (κ1) is 27.0. The van der Waals surface area contributed by atoms with Gasteiger partial charge in [0.15, 0.2) is 0 Å². The summed E-state index contributed by atoms with van der Waals surface area (Å²) < 4.78 is 0. The van der Waals surface area contributed by atoms with Crippen molar-refractivity contribution in [1.82, 2.24) is 14.8 Å². The molecule has 0 fully saturated rings. The van der Waals surface area contributed by atoms with Crippen molar-refractivity contribution in [1.29, 1.82) is 0 Å². The van der Waals surface area contributed by atoms with Crippen LogP contribution in [-0.4, -0.2) is 45.9 Å². The number of carbonyl (C=O) groups is 2. The van der Waals surface area contributed by atoms with Gasteiger partial charge in [0.25, 0.3) is 0 Å². The van der Waals surface area contributed by atoms with E-state index in [0.29, 0.717) is 13.1 Å². The highest BCUT2D eigenvalue weighted by atomic mass is 16.2. The Kier molecular flexibility index (Phi) is 8.52. The van der Waals surface area contributed by atoms with Crippen LogP contribution in [0.5, 0.6) is 0 Å². The van der Waals surface area contributed by atoms with Gasteiger partial charge in [-0.3, -0.25) is 4.79 Å². The largest absolute Gasteiger partial charge is 0.361 e. The molecule has 0 saturated carbocycles. The summed E-state index contributed by atoms with van der Waals surface area (Å²) in [6.45, 7) is 11.0. The summed E-state index contributed by atoms with van der Waals surface area (Å²) in [5, 5.41) is 4.19. The van der Waals surface area contributed by atoms with E-state index in [1.54, 1.807) is 4.90 Å². The third-order valence-electron chi connectivity index (χ3n) is 7.21. The number of carbonyl (C=O) groups excluding carboxylic acids is 2. The predicted molar refractivity (Wildman–Crippen MR) is 155 cm³/mol. The molecule has 4 rings (SSSR count). The van der Waals surface area contributed by atoms with E-state index in [9.17, 15) is 9.59 Å². The number of nitrogens with one attached hydrogen (secondary N) is 2. The van der Waals surface area contributed by atoms with Crippen molar-refractivity contribution in [2.24, 2.45) is 0 Å². The first-order valence-corrected chi connectivity index (χ1v) is 13.2. The SMILES string of the molecule is Cc1ccc(CN(CCc2c[nH]c3ccccc23)C(=O)CN(C(=O)Nc2cccc(C)c2C)C(C)C)cc1.